The van der Waals surface area contributed by atoms with Crippen LogP contribution >= 0.6 is 0 Å². The molecule has 204 valence electrons. The second-order valence-electron chi connectivity index (χ2n) is 11.2. The highest BCUT2D eigenvalue weighted by atomic mass is 28.4. The molecule has 0 unspecified atom stereocenters. The van der Waals surface area contributed by atoms with Gasteiger partial charge in [-0.15, -0.1) is 12.3 Å². The zero-order valence-electron chi connectivity index (χ0n) is 25.1. The number of rotatable bonds is 24. The molecular formula is C29H65N3Si2. The van der Waals surface area contributed by atoms with E-state index in [0.29, 0.717) is 0 Å². The second-order valence-corrected chi connectivity index (χ2v) is 20.5. The molecule has 0 fully saturated rings. The second kappa shape index (κ2) is 20.1. The minimum Gasteiger partial charge on any atom is -0.300 e. The molecule has 0 heterocycles. The van der Waals surface area contributed by atoms with Crippen molar-refractivity contribution in [2.24, 2.45) is 0 Å². The highest BCUT2D eigenvalue weighted by Crippen LogP contribution is 2.33. The molecule has 0 aromatic carbocycles. The minimum absolute atomic E-state index is 1.29. The fraction of sp³-hybridized carbons (Fsp3) is 0.931. The fourth-order valence-corrected chi connectivity index (χ4v) is 17.6. The summed E-state index contributed by atoms with van der Waals surface area (Å²) >= 11 is 0. The van der Waals surface area contributed by atoms with Crippen LogP contribution in [0.1, 0.15) is 119 Å². The molecule has 0 bridgehead atoms. The van der Waals surface area contributed by atoms with Gasteiger partial charge in [-0.25, -0.2) is 0 Å². The van der Waals surface area contributed by atoms with E-state index >= 15 is 0 Å². The Bertz CT molecular complexity index is 410. The smallest absolute Gasteiger partial charge is 0.287 e. The molecule has 3 nitrogen and oxygen atoms in total. The SMILES string of the molecule is C=C[Si](C)(C)C[Si](N(CCCC)CCCC)(N(CCCC)CCCC)N(CCCC)CCCC. The molecule has 0 rings (SSSR count). The Morgan fingerprint density at radius 1 is 0.500 bits per heavy atom. The van der Waals surface area contributed by atoms with Crippen LogP contribution < -0.4 is 0 Å². The number of hydrogen-bond donors (Lipinski definition) is 0. The van der Waals surface area contributed by atoms with Crippen molar-refractivity contribution in [1.82, 2.24) is 13.7 Å². The van der Waals surface area contributed by atoms with Gasteiger partial charge >= 0.3 is 0 Å². The zero-order chi connectivity index (χ0) is 25.9. The van der Waals surface area contributed by atoms with Crippen molar-refractivity contribution in [1.29, 1.82) is 0 Å². The highest BCUT2D eigenvalue weighted by molar-refractivity contribution is 6.95. The van der Waals surface area contributed by atoms with Crippen LogP contribution in [0.25, 0.3) is 0 Å². The maximum atomic E-state index is 4.40. The Balaban J connectivity index is 6.95. The molecule has 0 aliphatic heterocycles. The van der Waals surface area contributed by atoms with E-state index in [1.165, 1.54) is 122 Å². The van der Waals surface area contributed by atoms with E-state index in [4.69, 9.17) is 0 Å². The summed E-state index contributed by atoms with van der Waals surface area (Å²) in [6.07, 6.45) is 15.8. The van der Waals surface area contributed by atoms with Gasteiger partial charge in [-0.05, 0) is 83.5 Å². The molecular weight excluding hydrogens is 447 g/mol. The lowest BCUT2D eigenvalue weighted by molar-refractivity contribution is 0.226. The monoisotopic (exact) mass is 511 g/mol. The summed E-state index contributed by atoms with van der Waals surface area (Å²) in [6.45, 7) is 31.6. The molecule has 0 aliphatic rings. The van der Waals surface area contributed by atoms with Gasteiger partial charge in [0.2, 0.25) is 0 Å². The Hall–Kier alpha value is 0.0538. The standard InChI is InChI=1S/C29H65N3Si2/c1-10-17-23-30(24-18-11-2)34(29-33(8,9)16-7,31(25-19-12-3)26-20-13-4)32(27-21-14-5)28-22-15-6/h16H,7,10-15,17-29H2,1-6,8-9H3. The summed E-state index contributed by atoms with van der Waals surface area (Å²) in [4.78, 5) is 0. The van der Waals surface area contributed by atoms with Gasteiger partial charge in [0, 0.05) is 0 Å². The quantitative estimate of drug-likeness (QED) is 0.120. The molecule has 0 atom stereocenters. The van der Waals surface area contributed by atoms with Crippen LogP contribution in [0.15, 0.2) is 12.3 Å². The Morgan fingerprint density at radius 3 is 0.912 bits per heavy atom. The van der Waals surface area contributed by atoms with Gasteiger partial charge in [-0.1, -0.05) is 93.2 Å². The first-order chi connectivity index (χ1) is 16.3. The first-order valence-corrected chi connectivity index (χ1v) is 20.5. The van der Waals surface area contributed by atoms with Gasteiger partial charge in [-0.2, -0.15) is 0 Å². The summed E-state index contributed by atoms with van der Waals surface area (Å²) in [5, 5.41) is 0. The topological polar surface area (TPSA) is 9.72 Å². The number of hydrogen-bond acceptors (Lipinski definition) is 3. The van der Waals surface area contributed by atoms with E-state index in [1.807, 2.05) is 0 Å². The normalized spacial score (nSPS) is 12.9. The predicted octanol–water partition coefficient (Wildman–Crippen LogP) is 8.60. The first kappa shape index (κ1) is 34.1. The van der Waals surface area contributed by atoms with E-state index in [0.717, 1.165) is 0 Å². The van der Waals surface area contributed by atoms with Crippen LogP contribution in [0.4, 0.5) is 0 Å². The Morgan fingerprint density at radius 2 is 0.735 bits per heavy atom. The Labute approximate surface area is 219 Å². The van der Waals surface area contributed by atoms with Crippen LogP contribution in [-0.4, -0.2) is 69.6 Å². The van der Waals surface area contributed by atoms with Gasteiger partial charge in [-0.3, -0.25) is 13.7 Å². The third-order valence-electron chi connectivity index (χ3n) is 7.45. The molecule has 0 radical (unpaired) electrons. The van der Waals surface area contributed by atoms with Crippen molar-refractivity contribution in [2.45, 2.75) is 137 Å². The maximum Gasteiger partial charge on any atom is 0.287 e. The minimum atomic E-state index is -2.07. The van der Waals surface area contributed by atoms with Crippen molar-refractivity contribution in [3.63, 3.8) is 0 Å². The molecule has 0 aromatic heterocycles. The largest absolute Gasteiger partial charge is 0.300 e. The average molecular weight is 512 g/mol. The van der Waals surface area contributed by atoms with Crippen LogP contribution in [0.3, 0.4) is 0 Å². The molecule has 0 amide bonds. The average Bonchev–Trinajstić information content (AvgIpc) is 2.83. The highest BCUT2D eigenvalue weighted by Gasteiger charge is 2.52. The number of unbranched alkanes of at least 4 members (excludes halogenated alkanes) is 6. The van der Waals surface area contributed by atoms with Crippen molar-refractivity contribution < 1.29 is 0 Å². The number of nitrogens with zero attached hydrogens (tertiary/aromatic N) is 3. The summed E-state index contributed by atoms with van der Waals surface area (Å²) in [5.74, 6) is 0. The van der Waals surface area contributed by atoms with Gasteiger partial charge in [0.1, 0.15) is 0 Å². The molecule has 34 heavy (non-hydrogen) atoms. The van der Waals surface area contributed by atoms with Gasteiger partial charge in [0.15, 0.2) is 0 Å². The van der Waals surface area contributed by atoms with Crippen molar-refractivity contribution >= 4 is 16.6 Å². The van der Waals surface area contributed by atoms with Crippen LogP contribution in [0.2, 0.25) is 18.8 Å². The van der Waals surface area contributed by atoms with Gasteiger partial charge in [0.05, 0.1) is 8.07 Å². The van der Waals surface area contributed by atoms with Crippen molar-refractivity contribution in [3.8, 4) is 0 Å². The fourth-order valence-electron chi connectivity index (χ4n) is 5.12. The maximum absolute atomic E-state index is 4.40. The summed E-state index contributed by atoms with van der Waals surface area (Å²) < 4.78 is 9.36. The third kappa shape index (κ3) is 11.9. The zero-order valence-corrected chi connectivity index (χ0v) is 27.1. The molecule has 0 N–H and O–H groups in total. The van der Waals surface area contributed by atoms with Gasteiger partial charge in [0.25, 0.3) is 8.56 Å². The molecule has 0 saturated heterocycles. The predicted molar refractivity (Wildman–Crippen MR) is 162 cm³/mol. The van der Waals surface area contributed by atoms with Crippen LogP contribution in [0, 0.1) is 0 Å². The Kier molecular flexibility index (Phi) is 20.2. The van der Waals surface area contributed by atoms with E-state index in [9.17, 15) is 0 Å². The van der Waals surface area contributed by atoms with Crippen LogP contribution in [0.5, 0.6) is 0 Å². The van der Waals surface area contributed by atoms with E-state index in [1.54, 1.807) is 0 Å². The van der Waals surface area contributed by atoms with Crippen molar-refractivity contribution in [2.75, 3.05) is 39.3 Å². The lowest BCUT2D eigenvalue weighted by Crippen LogP contribution is -2.77. The van der Waals surface area contributed by atoms with Gasteiger partial charge < -0.3 is 0 Å². The summed E-state index contributed by atoms with van der Waals surface area (Å²) in [6, 6.07) is 0. The molecule has 5 heteroatoms. The molecule has 0 aliphatic carbocycles. The third-order valence-corrected chi connectivity index (χ3v) is 18.5. The molecule has 0 aromatic rings. The lowest BCUT2D eigenvalue weighted by atomic mass is 10.3. The first-order valence-electron chi connectivity index (χ1n) is 15.2. The molecule has 0 saturated carbocycles. The molecule has 0 spiro atoms. The lowest BCUT2D eigenvalue weighted by Gasteiger charge is -2.56. The van der Waals surface area contributed by atoms with E-state index in [2.05, 4.69) is 80.6 Å². The van der Waals surface area contributed by atoms with E-state index < -0.39 is 16.6 Å². The van der Waals surface area contributed by atoms with Crippen molar-refractivity contribution in [3.05, 3.63) is 12.3 Å². The summed E-state index contributed by atoms with van der Waals surface area (Å²) in [5.41, 5.74) is 3.82. The summed E-state index contributed by atoms with van der Waals surface area (Å²) in [7, 11) is -3.61. The van der Waals surface area contributed by atoms with E-state index in [-0.39, 0.29) is 0 Å². The van der Waals surface area contributed by atoms with Crippen LogP contribution in [-0.2, 0) is 0 Å².